The molecular formula is C30H33Cl2OSiZr-. The van der Waals surface area contributed by atoms with Crippen LogP contribution < -0.4 is 24.8 Å². The third-order valence-electron chi connectivity index (χ3n) is 6.17. The molecule has 0 aliphatic heterocycles. The predicted molar refractivity (Wildman–Crippen MR) is 144 cm³/mol. The number of benzene rings is 3. The average Bonchev–Trinajstić information content (AvgIpc) is 3.35. The van der Waals surface area contributed by atoms with Gasteiger partial charge in [-0.2, -0.15) is 0 Å². The van der Waals surface area contributed by atoms with Crippen LogP contribution in [0.3, 0.4) is 0 Å². The first kappa shape index (κ1) is 30.0. The minimum Gasteiger partial charge on any atom is -1.00 e. The van der Waals surface area contributed by atoms with Crippen molar-refractivity contribution < 1.29 is 53.5 Å². The van der Waals surface area contributed by atoms with Crippen LogP contribution in [0.5, 0.6) is 0 Å². The van der Waals surface area contributed by atoms with Crippen molar-refractivity contribution in [2.45, 2.75) is 45.3 Å². The Labute approximate surface area is 238 Å². The summed E-state index contributed by atoms with van der Waals surface area (Å²) in [5, 5.41) is 5.45. The van der Waals surface area contributed by atoms with E-state index in [9.17, 15) is 0 Å². The number of hydrogen-bond donors (Lipinski definition) is 0. The second-order valence-corrected chi connectivity index (χ2v) is 15.6. The van der Waals surface area contributed by atoms with Crippen molar-refractivity contribution in [3.63, 3.8) is 0 Å². The molecule has 0 fully saturated rings. The van der Waals surface area contributed by atoms with Gasteiger partial charge < -0.3 is 29.2 Å². The first-order valence-corrected chi connectivity index (χ1v) is 16.7. The van der Waals surface area contributed by atoms with Crippen LogP contribution >= 0.6 is 0 Å². The average molecular weight is 600 g/mol. The summed E-state index contributed by atoms with van der Waals surface area (Å²) >= 11 is 1.51. The molecule has 0 spiro atoms. The van der Waals surface area contributed by atoms with Gasteiger partial charge in [-0.1, -0.05) is 77.9 Å². The van der Waals surface area contributed by atoms with Gasteiger partial charge in [0.1, 0.15) is 0 Å². The Morgan fingerprint density at radius 2 is 1.51 bits per heavy atom. The molecule has 0 radical (unpaired) electrons. The standard InChI is InChI=1S/C28H29OSi.C2H4.2ClH.Zr/c1-30(2,3)29-17-9-12-22-18-20-10-5-7-14-24(20)28(22)26-16-8-15-25-23-13-6-4-11-21(23)19-27(25)26;1-2;;;/h4-8,10-11,13-16,18-19,28H,9,12,17H2,1-3H3;1H,2H3;2*1H;/q-1;;;;+2/p-2. The summed E-state index contributed by atoms with van der Waals surface area (Å²) in [6, 6.07) is 26.9. The van der Waals surface area contributed by atoms with Gasteiger partial charge >= 0.3 is 34.9 Å². The van der Waals surface area contributed by atoms with E-state index in [0.717, 1.165) is 19.4 Å². The first-order valence-electron chi connectivity index (χ1n) is 11.9. The van der Waals surface area contributed by atoms with Gasteiger partial charge in [0.15, 0.2) is 8.32 Å². The van der Waals surface area contributed by atoms with Crippen LogP contribution in [0.2, 0.25) is 19.6 Å². The fraction of sp³-hybridized carbons (Fsp3) is 0.267. The van der Waals surface area contributed by atoms with E-state index >= 15 is 0 Å². The summed E-state index contributed by atoms with van der Waals surface area (Å²) in [4.78, 5) is 0. The monoisotopic (exact) mass is 597 g/mol. The van der Waals surface area contributed by atoms with E-state index in [0.29, 0.717) is 5.92 Å². The van der Waals surface area contributed by atoms with Crippen LogP contribution in [-0.4, -0.2) is 18.6 Å². The Bertz CT molecular complexity index is 1300. The SMILES string of the molecule is C[CH]=[Zr+2].C[Si](C)(C)OCCCC1=Cc2ccccc2C1c1cccc2c1[cH-]c1ccccc12.[Cl-].[Cl-]. The second kappa shape index (κ2) is 13.4. The quantitative estimate of drug-likeness (QED) is 0.188. The van der Waals surface area contributed by atoms with Crippen molar-refractivity contribution in [1.29, 1.82) is 0 Å². The van der Waals surface area contributed by atoms with Gasteiger partial charge in [0.25, 0.3) is 0 Å². The topological polar surface area (TPSA) is 9.23 Å². The van der Waals surface area contributed by atoms with Gasteiger partial charge in [0, 0.05) is 12.5 Å². The minimum absolute atomic E-state index is 0. The third-order valence-corrected chi connectivity index (χ3v) is 7.24. The number of fused-ring (bicyclic) bond motifs is 4. The van der Waals surface area contributed by atoms with Gasteiger partial charge in [0.05, 0.1) is 0 Å². The van der Waals surface area contributed by atoms with E-state index in [1.165, 1.54) is 68.0 Å². The molecule has 1 unspecified atom stereocenters. The number of rotatable bonds is 6. The van der Waals surface area contributed by atoms with Crippen molar-refractivity contribution in [3.8, 4) is 0 Å². The fourth-order valence-electron chi connectivity index (χ4n) is 4.88. The molecule has 0 bridgehead atoms. The molecule has 1 aliphatic carbocycles. The maximum Gasteiger partial charge on any atom is 0.183 e. The van der Waals surface area contributed by atoms with Crippen molar-refractivity contribution in [1.82, 2.24) is 0 Å². The predicted octanol–water partition coefficient (Wildman–Crippen LogP) is 2.24. The van der Waals surface area contributed by atoms with E-state index in [-0.39, 0.29) is 24.8 Å². The van der Waals surface area contributed by atoms with Gasteiger partial charge in [-0.3, -0.25) is 0 Å². The fourth-order valence-corrected chi connectivity index (χ4v) is 5.64. The molecule has 182 valence electrons. The molecule has 4 aromatic carbocycles. The molecule has 5 rings (SSSR count). The molecule has 0 saturated carbocycles. The Kier molecular flexibility index (Phi) is 11.5. The molecule has 0 amide bonds. The third kappa shape index (κ3) is 6.96. The molecule has 1 nitrogen and oxygen atoms in total. The Morgan fingerprint density at radius 3 is 2.26 bits per heavy atom. The molecule has 0 heterocycles. The largest absolute Gasteiger partial charge is 1.00 e. The van der Waals surface area contributed by atoms with Crippen molar-refractivity contribution in [2.24, 2.45) is 0 Å². The number of halogens is 2. The molecule has 0 aromatic heterocycles. The Morgan fingerprint density at radius 1 is 0.886 bits per heavy atom. The zero-order valence-electron chi connectivity index (χ0n) is 20.9. The van der Waals surface area contributed by atoms with E-state index in [2.05, 4.69) is 102 Å². The molecule has 1 atom stereocenters. The number of allylic oxidation sites excluding steroid dienone is 1. The summed E-state index contributed by atoms with van der Waals surface area (Å²) in [6.45, 7) is 9.70. The Balaban J connectivity index is 0.000000823. The van der Waals surface area contributed by atoms with Crippen LogP contribution in [-0.2, 0) is 28.7 Å². The number of hydrogen-bond acceptors (Lipinski definition) is 1. The second-order valence-electron chi connectivity index (χ2n) is 9.67. The van der Waals surface area contributed by atoms with Crippen molar-refractivity contribution in [3.05, 3.63) is 95.1 Å². The zero-order chi connectivity index (χ0) is 23.4. The van der Waals surface area contributed by atoms with Crippen LogP contribution in [0.15, 0.2) is 78.4 Å². The normalized spacial score (nSPS) is 14.3. The van der Waals surface area contributed by atoms with E-state index < -0.39 is 8.32 Å². The van der Waals surface area contributed by atoms with E-state index in [1.807, 2.05) is 6.92 Å². The molecule has 0 N–H and O–H groups in total. The van der Waals surface area contributed by atoms with Gasteiger partial charge in [-0.05, 0) is 43.6 Å². The molecule has 1 aliphatic rings. The van der Waals surface area contributed by atoms with Gasteiger partial charge in [0.2, 0.25) is 0 Å². The molecule has 0 saturated heterocycles. The van der Waals surface area contributed by atoms with Crippen molar-refractivity contribution >= 4 is 39.6 Å². The maximum atomic E-state index is 6.13. The molecular weight excluding hydrogens is 567 g/mol. The summed E-state index contributed by atoms with van der Waals surface area (Å²) in [5.74, 6) is 0.341. The minimum atomic E-state index is -1.45. The maximum absolute atomic E-state index is 6.13. The van der Waals surface area contributed by atoms with Crippen LogP contribution in [0, 0.1) is 0 Å². The molecule has 4 aromatic rings. The van der Waals surface area contributed by atoms with Crippen LogP contribution in [0.4, 0.5) is 0 Å². The van der Waals surface area contributed by atoms with Gasteiger partial charge in [-0.15, -0.1) is 33.7 Å². The Hall–Kier alpha value is -1.22. The van der Waals surface area contributed by atoms with E-state index in [4.69, 9.17) is 4.43 Å². The first-order chi connectivity index (χ1) is 15.9. The zero-order valence-corrected chi connectivity index (χ0v) is 25.9. The summed E-state index contributed by atoms with van der Waals surface area (Å²) in [7, 11) is -1.45. The van der Waals surface area contributed by atoms with Gasteiger partial charge in [-0.25, -0.2) is 0 Å². The molecule has 35 heavy (non-hydrogen) atoms. The van der Waals surface area contributed by atoms with E-state index in [1.54, 1.807) is 0 Å². The smallest absolute Gasteiger partial charge is 0.183 e. The summed E-state index contributed by atoms with van der Waals surface area (Å²) in [5.41, 5.74) is 5.77. The van der Waals surface area contributed by atoms with Crippen molar-refractivity contribution in [2.75, 3.05) is 6.61 Å². The van der Waals surface area contributed by atoms with Crippen LogP contribution in [0.25, 0.3) is 27.6 Å². The summed E-state index contributed by atoms with van der Waals surface area (Å²) in [6.07, 6.45) is 4.59. The summed E-state index contributed by atoms with van der Waals surface area (Å²) < 4.78 is 8.22. The molecule has 5 heteroatoms. The van der Waals surface area contributed by atoms with Crippen LogP contribution in [0.1, 0.15) is 42.4 Å².